The van der Waals surface area contributed by atoms with Crippen molar-refractivity contribution in [2.75, 3.05) is 31.1 Å². The van der Waals surface area contributed by atoms with Gasteiger partial charge in [0.05, 0.1) is 11.7 Å². The number of H-pyrrole nitrogens is 1. The lowest BCUT2D eigenvalue weighted by molar-refractivity contribution is 0.211. The van der Waals surface area contributed by atoms with Gasteiger partial charge in [0, 0.05) is 43.2 Å². The topological polar surface area (TPSA) is 52.2 Å². The number of nitrogens with one attached hydrogen (secondary N) is 1. The predicted octanol–water partition coefficient (Wildman–Crippen LogP) is 3.43. The molecule has 0 aliphatic carbocycles. The molecule has 3 aromatic rings. The number of aromatic amines is 1. The molecule has 0 bridgehead atoms. The van der Waals surface area contributed by atoms with Crippen LogP contribution in [0.3, 0.4) is 0 Å². The van der Waals surface area contributed by atoms with Crippen molar-refractivity contribution < 1.29 is 0 Å². The van der Waals surface area contributed by atoms with Crippen LogP contribution in [0.4, 0.5) is 5.95 Å². The number of benzene rings is 2. The third-order valence-electron chi connectivity index (χ3n) is 5.78. The van der Waals surface area contributed by atoms with Gasteiger partial charge in [0.15, 0.2) is 0 Å². The van der Waals surface area contributed by atoms with Gasteiger partial charge in [0.25, 0.3) is 5.56 Å². The zero-order valence-electron chi connectivity index (χ0n) is 16.3. The van der Waals surface area contributed by atoms with E-state index in [1.807, 2.05) is 0 Å². The smallest absolute Gasteiger partial charge is 0.256 e. The largest absolute Gasteiger partial charge is 0.340 e. The molecule has 6 heteroatoms. The average Bonchev–Trinajstić information content (AvgIpc) is 3.25. The van der Waals surface area contributed by atoms with Gasteiger partial charge in [-0.05, 0) is 11.1 Å². The molecule has 1 aromatic heterocycles. The van der Waals surface area contributed by atoms with E-state index in [9.17, 15) is 4.79 Å². The Morgan fingerprint density at radius 1 is 0.862 bits per heavy atom. The number of fused-ring (bicyclic) bond motifs is 1. The van der Waals surface area contributed by atoms with Crippen LogP contribution in [0.1, 0.15) is 28.4 Å². The zero-order valence-corrected chi connectivity index (χ0v) is 17.1. The van der Waals surface area contributed by atoms with E-state index in [2.05, 4.69) is 75.4 Å². The third kappa shape index (κ3) is 3.70. The minimum atomic E-state index is 0.0314. The summed E-state index contributed by atoms with van der Waals surface area (Å²) < 4.78 is 0. The molecular formula is C23H24N4OS. The Kier molecular flexibility index (Phi) is 5.12. The number of nitrogens with zero attached hydrogens (tertiary/aromatic N) is 3. The maximum atomic E-state index is 12.4. The van der Waals surface area contributed by atoms with E-state index in [4.69, 9.17) is 4.98 Å². The molecule has 0 atom stereocenters. The maximum Gasteiger partial charge on any atom is 0.256 e. The number of hydrogen-bond donors (Lipinski definition) is 1. The highest BCUT2D eigenvalue weighted by molar-refractivity contribution is 7.98. The number of rotatable bonds is 4. The molecule has 0 amide bonds. The second-order valence-corrected chi connectivity index (χ2v) is 8.54. The molecule has 3 heterocycles. The summed E-state index contributed by atoms with van der Waals surface area (Å²) in [5, 5.41) is 0. The Morgan fingerprint density at radius 3 is 2.10 bits per heavy atom. The minimum Gasteiger partial charge on any atom is -0.340 e. The van der Waals surface area contributed by atoms with E-state index in [0.29, 0.717) is 0 Å². The number of aromatic nitrogens is 2. The molecular weight excluding hydrogens is 380 g/mol. The summed E-state index contributed by atoms with van der Waals surface area (Å²) in [6, 6.07) is 21.7. The molecule has 0 saturated carbocycles. The van der Waals surface area contributed by atoms with Crippen LogP contribution in [0.15, 0.2) is 65.5 Å². The van der Waals surface area contributed by atoms with Crippen LogP contribution in [0.2, 0.25) is 0 Å². The SMILES string of the molecule is O=c1[nH]c(N2CCN(C(c3ccccc3)c3ccccc3)CC2)nc2c1CSC2. The summed E-state index contributed by atoms with van der Waals surface area (Å²) in [6.45, 7) is 3.55. The summed E-state index contributed by atoms with van der Waals surface area (Å²) >= 11 is 1.76. The van der Waals surface area contributed by atoms with Crippen molar-refractivity contribution in [3.8, 4) is 0 Å². The highest BCUT2D eigenvalue weighted by Crippen LogP contribution is 2.30. The first kappa shape index (κ1) is 18.5. The standard InChI is InChI=1S/C23H24N4OS/c28-22-19-15-29-16-20(19)24-23(25-22)27-13-11-26(12-14-27)21(17-7-3-1-4-8-17)18-9-5-2-6-10-18/h1-10,21H,11-16H2,(H,24,25,28). The van der Waals surface area contributed by atoms with E-state index in [-0.39, 0.29) is 11.6 Å². The molecule has 0 radical (unpaired) electrons. The van der Waals surface area contributed by atoms with Gasteiger partial charge in [-0.25, -0.2) is 4.98 Å². The Hall–Kier alpha value is -2.57. The first-order chi connectivity index (χ1) is 14.3. The van der Waals surface area contributed by atoms with Crippen molar-refractivity contribution in [2.24, 2.45) is 0 Å². The summed E-state index contributed by atoms with van der Waals surface area (Å²) in [6.07, 6.45) is 0. The third-order valence-corrected chi connectivity index (χ3v) is 6.75. The van der Waals surface area contributed by atoms with Crippen molar-refractivity contribution >= 4 is 17.7 Å². The fraction of sp³-hybridized carbons (Fsp3) is 0.304. The summed E-state index contributed by atoms with van der Waals surface area (Å²) in [4.78, 5) is 24.9. The second-order valence-electron chi connectivity index (χ2n) is 7.55. The van der Waals surface area contributed by atoms with Crippen molar-refractivity contribution in [3.63, 3.8) is 0 Å². The monoisotopic (exact) mass is 404 g/mol. The van der Waals surface area contributed by atoms with Crippen LogP contribution in [0, 0.1) is 0 Å². The zero-order chi connectivity index (χ0) is 19.6. The molecule has 2 aromatic carbocycles. The molecule has 29 heavy (non-hydrogen) atoms. The van der Waals surface area contributed by atoms with Gasteiger partial charge in [0.1, 0.15) is 0 Å². The van der Waals surface area contributed by atoms with Gasteiger partial charge in [0.2, 0.25) is 5.95 Å². The van der Waals surface area contributed by atoms with Crippen LogP contribution < -0.4 is 10.5 Å². The normalized spacial score (nSPS) is 16.9. The average molecular weight is 405 g/mol. The van der Waals surface area contributed by atoms with Crippen molar-refractivity contribution in [1.82, 2.24) is 14.9 Å². The van der Waals surface area contributed by atoms with Crippen molar-refractivity contribution in [1.29, 1.82) is 0 Å². The van der Waals surface area contributed by atoms with Crippen LogP contribution >= 0.6 is 11.8 Å². The van der Waals surface area contributed by atoms with Gasteiger partial charge in [-0.2, -0.15) is 11.8 Å². The lowest BCUT2D eigenvalue weighted by Crippen LogP contribution is -2.48. The lowest BCUT2D eigenvalue weighted by Gasteiger charge is -2.40. The predicted molar refractivity (Wildman–Crippen MR) is 118 cm³/mol. The molecule has 2 aliphatic heterocycles. The fourth-order valence-electron chi connectivity index (χ4n) is 4.28. The number of anilines is 1. The molecule has 148 valence electrons. The van der Waals surface area contributed by atoms with E-state index < -0.39 is 0 Å². The summed E-state index contributed by atoms with van der Waals surface area (Å²) in [5.41, 5.74) is 4.47. The lowest BCUT2D eigenvalue weighted by atomic mass is 9.96. The van der Waals surface area contributed by atoms with E-state index >= 15 is 0 Å². The molecule has 2 aliphatic rings. The summed E-state index contributed by atoms with van der Waals surface area (Å²) in [7, 11) is 0. The van der Waals surface area contributed by atoms with Crippen molar-refractivity contribution in [3.05, 3.63) is 93.4 Å². The molecule has 0 spiro atoms. The van der Waals surface area contributed by atoms with Crippen LogP contribution in [-0.2, 0) is 11.5 Å². The van der Waals surface area contributed by atoms with Gasteiger partial charge in [-0.15, -0.1) is 0 Å². The van der Waals surface area contributed by atoms with Crippen molar-refractivity contribution in [2.45, 2.75) is 17.5 Å². The number of thioether (sulfide) groups is 1. The van der Waals surface area contributed by atoms with Gasteiger partial charge >= 0.3 is 0 Å². The Morgan fingerprint density at radius 2 is 1.48 bits per heavy atom. The Labute approximate surface area is 174 Å². The Balaban J connectivity index is 1.37. The van der Waals surface area contributed by atoms with Gasteiger partial charge in [-0.1, -0.05) is 60.7 Å². The fourth-order valence-corrected chi connectivity index (χ4v) is 5.31. The molecule has 1 fully saturated rings. The minimum absolute atomic E-state index is 0.0314. The molecule has 0 unspecified atom stereocenters. The first-order valence-electron chi connectivity index (χ1n) is 10.1. The molecule has 5 nitrogen and oxygen atoms in total. The van der Waals surface area contributed by atoms with E-state index in [1.54, 1.807) is 11.8 Å². The maximum absolute atomic E-state index is 12.4. The van der Waals surface area contributed by atoms with Crippen LogP contribution in [-0.4, -0.2) is 41.0 Å². The highest BCUT2D eigenvalue weighted by Gasteiger charge is 2.28. The molecule has 1 N–H and O–H groups in total. The van der Waals surface area contributed by atoms with E-state index in [1.165, 1.54) is 11.1 Å². The number of piperazine rings is 1. The number of hydrogen-bond acceptors (Lipinski definition) is 5. The molecule has 5 rings (SSSR count). The Bertz CT molecular complexity index is 990. The first-order valence-corrected chi connectivity index (χ1v) is 11.2. The quantitative estimate of drug-likeness (QED) is 0.722. The van der Waals surface area contributed by atoms with Gasteiger partial charge in [-0.3, -0.25) is 14.7 Å². The van der Waals surface area contributed by atoms with Crippen LogP contribution in [0.5, 0.6) is 0 Å². The van der Waals surface area contributed by atoms with Gasteiger partial charge < -0.3 is 4.90 Å². The van der Waals surface area contributed by atoms with Crippen LogP contribution in [0.25, 0.3) is 0 Å². The van der Waals surface area contributed by atoms with E-state index in [0.717, 1.165) is 54.9 Å². The highest BCUT2D eigenvalue weighted by atomic mass is 32.2. The second kappa shape index (κ2) is 8.05. The molecule has 1 saturated heterocycles. The summed E-state index contributed by atoms with van der Waals surface area (Å²) in [5.74, 6) is 2.35.